The molecule has 3 rings (SSSR count). The predicted molar refractivity (Wildman–Crippen MR) is 123 cm³/mol. The Bertz CT molecular complexity index is 965. The number of ether oxygens (including phenoxy) is 1. The second kappa shape index (κ2) is 9.53. The van der Waals surface area contributed by atoms with Crippen molar-refractivity contribution in [3.05, 3.63) is 65.7 Å². The Morgan fingerprint density at radius 2 is 1.53 bits per heavy atom. The highest BCUT2D eigenvalue weighted by atomic mass is 16.6. The molecule has 0 aromatic heterocycles. The third-order valence-electron chi connectivity index (χ3n) is 5.36. The quantitative estimate of drug-likeness (QED) is 0.651. The first-order chi connectivity index (χ1) is 15.1. The molecular weight excluding hydrogens is 406 g/mol. The number of hydrogen-bond donors (Lipinski definition) is 2. The van der Waals surface area contributed by atoms with Crippen LogP contribution in [-0.4, -0.2) is 55.0 Å². The number of nitrogens with zero attached hydrogens (tertiary/aromatic N) is 1. The van der Waals surface area contributed by atoms with Crippen LogP contribution in [0, 0.1) is 0 Å². The molecule has 0 unspecified atom stereocenters. The van der Waals surface area contributed by atoms with Gasteiger partial charge >= 0.3 is 0 Å². The molecule has 2 aromatic carbocycles. The Hall–Kier alpha value is -3.19. The number of hydrogen-bond acceptors (Lipinski definition) is 4. The number of benzene rings is 2. The van der Waals surface area contributed by atoms with Crippen LogP contribution in [0.2, 0.25) is 0 Å². The first-order valence-electron chi connectivity index (χ1n) is 10.7. The van der Waals surface area contributed by atoms with Crippen LogP contribution in [0.3, 0.4) is 0 Å². The molecule has 170 valence electrons. The lowest BCUT2D eigenvalue weighted by molar-refractivity contribution is -0.134. The Kier molecular flexibility index (Phi) is 6.99. The van der Waals surface area contributed by atoms with Gasteiger partial charge in [0.25, 0.3) is 11.8 Å². The molecule has 2 N–H and O–H groups in total. The minimum absolute atomic E-state index is 0.0195. The number of anilines is 1. The van der Waals surface area contributed by atoms with Crippen LogP contribution >= 0.6 is 0 Å². The van der Waals surface area contributed by atoms with Crippen LogP contribution in [0.1, 0.15) is 31.9 Å². The van der Waals surface area contributed by atoms with Crippen molar-refractivity contribution in [3.63, 3.8) is 0 Å². The summed E-state index contributed by atoms with van der Waals surface area (Å²) in [7, 11) is 3.28. The zero-order valence-electron chi connectivity index (χ0n) is 19.2. The summed E-state index contributed by atoms with van der Waals surface area (Å²) < 4.78 is 5.33. The van der Waals surface area contributed by atoms with E-state index < -0.39 is 24.2 Å². The molecule has 1 fully saturated rings. The second-order valence-corrected chi connectivity index (χ2v) is 9.28. The van der Waals surface area contributed by atoms with Gasteiger partial charge in [0, 0.05) is 26.2 Å². The third kappa shape index (κ3) is 5.95. The third-order valence-corrected chi connectivity index (χ3v) is 5.36. The van der Waals surface area contributed by atoms with E-state index in [-0.39, 0.29) is 17.2 Å². The SMILES string of the molecule is CN(C)C(=O)[C@H](Cc1ccccc1)NC(=O)[C@H]1O[C@@H]1C(=O)Nc1ccc(C(C)(C)C)cc1. The molecule has 0 radical (unpaired) electrons. The predicted octanol–water partition coefficient (Wildman–Crippen LogP) is 2.51. The number of rotatable bonds is 7. The molecule has 1 aliphatic heterocycles. The monoisotopic (exact) mass is 437 g/mol. The topological polar surface area (TPSA) is 91.0 Å². The van der Waals surface area contributed by atoms with E-state index >= 15 is 0 Å². The van der Waals surface area contributed by atoms with Gasteiger partial charge in [-0.25, -0.2) is 0 Å². The maximum Gasteiger partial charge on any atom is 0.256 e. The van der Waals surface area contributed by atoms with Gasteiger partial charge in [0.15, 0.2) is 12.2 Å². The number of epoxide rings is 1. The molecule has 1 saturated heterocycles. The van der Waals surface area contributed by atoms with Crippen molar-refractivity contribution in [2.75, 3.05) is 19.4 Å². The van der Waals surface area contributed by atoms with Gasteiger partial charge < -0.3 is 20.3 Å². The molecule has 1 aliphatic rings. The van der Waals surface area contributed by atoms with Gasteiger partial charge in [0.2, 0.25) is 5.91 Å². The maximum absolute atomic E-state index is 12.7. The van der Waals surface area contributed by atoms with Crippen molar-refractivity contribution < 1.29 is 19.1 Å². The van der Waals surface area contributed by atoms with Gasteiger partial charge in [0.1, 0.15) is 6.04 Å². The zero-order valence-corrected chi connectivity index (χ0v) is 19.2. The van der Waals surface area contributed by atoms with E-state index in [0.717, 1.165) is 11.1 Å². The number of carbonyl (C=O) groups is 3. The average Bonchev–Trinajstić information content (AvgIpc) is 3.54. The van der Waals surface area contributed by atoms with Gasteiger partial charge in [0.05, 0.1) is 0 Å². The molecule has 0 saturated carbocycles. The van der Waals surface area contributed by atoms with Crippen LogP contribution in [0.25, 0.3) is 0 Å². The minimum atomic E-state index is -0.905. The normalized spacial score (nSPS) is 18.4. The van der Waals surface area contributed by atoms with Gasteiger partial charge in [-0.15, -0.1) is 0 Å². The van der Waals surface area contributed by atoms with E-state index in [2.05, 4.69) is 31.4 Å². The summed E-state index contributed by atoms with van der Waals surface area (Å²) in [6.07, 6.45) is -1.42. The first kappa shape index (κ1) is 23.5. The lowest BCUT2D eigenvalue weighted by atomic mass is 9.87. The van der Waals surface area contributed by atoms with Crippen molar-refractivity contribution >= 4 is 23.4 Å². The van der Waals surface area contributed by atoms with Crippen molar-refractivity contribution in [3.8, 4) is 0 Å². The molecule has 7 nitrogen and oxygen atoms in total. The molecule has 0 spiro atoms. The summed E-state index contributed by atoms with van der Waals surface area (Å²) in [5, 5.41) is 5.53. The molecule has 2 aromatic rings. The molecular formula is C25H31N3O4. The minimum Gasteiger partial charge on any atom is -0.349 e. The van der Waals surface area contributed by atoms with Crippen molar-refractivity contribution in [2.24, 2.45) is 0 Å². The van der Waals surface area contributed by atoms with E-state index in [9.17, 15) is 14.4 Å². The van der Waals surface area contributed by atoms with E-state index in [1.807, 2.05) is 54.6 Å². The highest BCUT2D eigenvalue weighted by Crippen LogP contribution is 2.26. The Balaban J connectivity index is 1.58. The number of likely N-dealkylation sites (N-methyl/N-ethyl adjacent to an activating group) is 1. The molecule has 0 bridgehead atoms. The van der Waals surface area contributed by atoms with Crippen molar-refractivity contribution in [1.82, 2.24) is 10.2 Å². The fraction of sp³-hybridized carbons (Fsp3) is 0.400. The average molecular weight is 438 g/mol. The van der Waals surface area contributed by atoms with Gasteiger partial charge in [-0.3, -0.25) is 14.4 Å². The van der Waals surface area contributed by atoms with Gasteiger partial charge in [-0.05, 0) is 28.7 Å². The summed E-state index contributed by atoms with van der Waals surface area (Å²) in [5.41, 5.74) is 2.75. The summed E-state index contributed by atoms with van der Waals surface area (Å²) in [6, 6.07) is 16.3. The second-order valence-electron chi connectivity index (χ2n) is 9.28. The fourth-order valence-corrected chi connectivity index (χ4v) is 3.39. The molecule has 0 aliphatic carbocycles. The van der Waals surface area contributed by atoms with Crippen LogP contribution in [0.4, 0.5) is 5.69 Å². The lowest BCUT2D eigenvalue weighted by Gasteiger charge is -2.21. The zero-order chi connectivity index (χ0) is 23.5. The molecule has 7 heteroatoms. The molecule has 1 heterocycles. The molecule has 3 amide bonds. The standard InChI is InChI=1S/C25H31N3O4/c1-25(2,3)17-11-13-18(14-12-17)26-22(29)20-21(32-20)23(30)27-19(24(31)28(4)5)15-16-9-7-6-8-10-16/h6-14,19-21H,15H2,1-5H3,(H,26,29)(H,27,30)/t19-,20-,21-/m0/s1. The summed E-state index contributed by atoms with van der Waals surface area (Å²) in [5.74, 6) is -1.07. The molecule has 32 heavy (non-hydrogen) atoms. The smallest absolute Gasteiger partial charge is 0.256 e. The maximum atomic E-state index is 12.7. The Labute approximate surface area is 189 Å². The van der Waals surface area contributed by atoms with Gasteiger partial charge in [-0.1, -0.05) is 63.2 Å². The van der Waals surface area contributed by atoms with Crippen molar-refractivity contribution in [2.45, 2.75) is 50.9 Å². The van der Waals surface area contributed by atoms with Crippen LogP contribution in [0.15, 0.2) is 54.6 Å². The largest absolute Gasteiger partial charge is 0.349 e. The number of carbonyl (C=O) groups excluding carboxylic acids is 3. The van der Waals surface area contributed by atoms with Gasteiger partial charge in [-0.2, -0.15) is 0 Å². The van der Waals surface area contributed by atoms with Crippen LogP contribution in [-0.2, 0) is 31.0 Å². The first-order valence-corrected chi connectivity index (χ1v) is 10.7. The van der Waals surface area contributed by atoms with Crippen LogP contribution in [0.5, 0.6) is 0 Å². The highest BCUT2D eigenvalue weighted by Gasteiger charge is 2.51. The van der Waals surface area contributed by atoms with E-state index in [4.69, 9.17) is 4.74 Å². The van der Waals surface area contributed by atoms with E-state index in [1.165, 1.54) is 4.90 Å². The number of nitrogens with one attached hydrogen (secondary N) is 2. The summed E-state index contributed by atoms with van der Waals surface area (Å²) in [4.78, 5) is 39.2. The van der Waals surface area contributed by atoms with Crippen LogP contribution < -0.4 is 10.6 Å². The van der Waals surface area contributed by atoms with E-state index in [0.29, 0.717) is 12.1 Å². The Morgan fingerprint density at radius 3 is 2.09 bits per heavy atom. The summed E-state index contributed by atoms with van der Waals surface area (Å²) in [6.45, 7) is 6.36. The number of amides is 3. The summed E-state index contributed by atoms with van der Waals surface area (Å²) >= 11 is 0. The van der Waals surface area contributed by atoms with E-state index in [1.54, 1.807) is 14.1 Å². The fourth-order valence-electron chi connectivity index (χ4n) is 3.39. The molecule has 3 atom stereocenters. The lowest BCUT2D eigenvalue weighted by Crippen LogP contribution is -2.49. The highest BCUT2D eigenvalue weighted by molar-refractivity contribution is 6.02. The Morgan fingerprint density at radius 1 is 0.938 bits per heavy atom. The van der Waals surface area contributed by atoms with Crippen molar-refractivity contribution in [1.29, 1.82) is 0 Å².